The summed E-state index contributed by atoms with van der Waals surface area (Å²) in [5, 5.41) is 2.18. The normalized spacial score (nSPS) is 9.53. The van der Waals surface area contributed by atoms with Crippen LogP contribution >= 0.6 is 0 Å². The highest BCUT2D eigenvalue weighted by Gasteiger charge is 2.15. The summed E-state index contributed by atoms with van der Waals surface area (Å²) in [6.07, 6.45) is -0.762. The van der Waals surface area contributed by atoms with Gasteiger partial charge in [0, 0.05) is 0 Å². The average Bonchev–Trinajstić information content (AvgIpc) is 2.43. The van der Waals surface area contributed by atoms with Crippen molar-refractivity contribution in [2.75, 3.05) is 13.2 Å². The van der Waals surface area contributed by atoms with Gasteiger partial charge in [-0.3, -0.25) is 4.79 Å². The molecule has 1 rings (SSSR count). The van der Waals surface area contributed by atoms with Crippen molar-refractivity contribution in [3.63, 3.8) is 0 Å². The number of carbonyl (C=O) groups excluding carboxylic acids is 3. The average molecular weight is 265 g/mol. The Morgan fingerprint density at radius 1 is 1.11 bits per heavy atom. The molecule has 0 fully saturated rings. The zero-order valence-corrected chi connectivity index (χ0v) is 10.5. The molecule has 1 N–H and O–H groups in total. The van der Waals surface area contributed by atoms with Crippen molar-refractivity contribution in [1.29, 1.82) is 0 Å². The molecule has 0 spiro atoms. The maximum Gasteiger partial charge on any atom is 0.407 e. The zero-order chi connectivity index (χ0) is 14.1. The molecule has 0 radical (unpaired) electrons. The van der Waals surface area contributed by atoms with Crippen LogP contribution in [0.1, 0.15) is 12.5 Å². The van der Waals surface area contributed by atoms with E-state index >= 15 is 0 Å². The number of alkyl carbamates (subject to hydrolysis) is 1. The Morgan fingerprint density at radius 3 is 2.42 bits per heavy atom. The lowest BCUT2D eigenvalue weighted by Crippen LogP contribution is -2.34. The molecule has 1 aromatic carbocycles. The number of carbonyl (C=O) groups is 3. The summed E-state index contributed by atoms with van der Waals surface area (Å²) in [6, 6.07) is 9.09. The first kappa shape index (κ1) is 14.7. The topological polar surface area (TPSA) is 81.7 Å². The van der Waals surface area contributed by atoms with Crippen LogP contribution in [0, 0.1) is 0 Å². The second-order valence-corrected chi connectivity index (χ2v) is 3.56. The number of nitrogens with one attached hydrogen (secondary N) is 1. The van der Waals surface area contributed by atoms with Crippen molar-refractivity contribution in [2.45, 2.75) is 13.5 Å². The maximum absolute atomic E-state index is 11.3. The number of Topliss-reactive ketones (excluding diaryl/α,β-unsaturated/α-hetero) is 1. The SMILES string of the molecule is CCOC(=O)C(=O)CNC(=O)OCc1ccccc1. The van der Waals surface area contributed by atoms with Crippen molar-refractivity contribution in [3.8, 4) is 0 Å². The van der Waals surface area contributed by atoms with Crippen LogP contribution in [0.2, 0.25) is 0 Å². The molecule has 0 saturated carbocycles. The van der Waals surface area contributed by atoms with E-state index < -0.39 is 24.4 Å². The summed E-state index contributed by atoms with van der Waals surface area (Å²) in [6.45, 7) is 1.36. The van der Waals surface area contributed by atoms with Gasteiger partial charge >= 0.3 is 12.1 Å². The predicted molar refractivity (Wildman–Crippen MR) is 66.3 cm³/mol. The zero-order valence-electron chi connectivity index (χ0n) is 10.5. The quantitative estimate of drug-likeness (QED) is 0.614. The fourth-order valence-electron chi connectivity index (χ4n) is 1.21. The lowest BCUT2D eigenvalue weighted by Gasteiger charge is -2.06. The van der Waals surface area contributed by atoms with E-state index in [-0.39, 0.29) is 13.2 Å². The van der Waals surface area contributed by atoms with Crippen LogP contribution in [0.3, 0.4) is 0 Å². The van der Waals surface area contributed by atoms with Gasteiger partial charge in [-0.05, 0) is 12.5 Å². The Labute approximate surface area is 110 Å². The molecule has 0 aromatic heterocycles. The molecular formula is C13H15NO5. The first-order valence-corrected chi connectivity index (χ1v) is 5.78. The minimum absolute atomic E-state index is 0.0975. The summed E-state index contributed by atoms with van der Waals surface area (Å²) in [7, 11) is 0. The van der Waals surface area contributed by atoms with Gasteiger partial charge in [0.15, 0.2) is 0 Å². The fraction of sp³-hybridized carbons (Fsp3) is 0.308. The number of hydrogen-bond donors (Lipinski definition) is 1. The third-order valence-electron chi connectivity index (χ3n) is 2.11. The van der Waals surface area contributed by atoms with Crippen molar-refractivity contribution >= 4 is 17.8 Å². The van der Waals surface area contributed by atoms with Gasteiger partial charge in [0.2, 0.25) is 0 Å². The number of benzene rings is 1. The van der Waals surface area contributed by atoms with Crippen LogP contribution in [0.5, 0.6) is 0 Å². The molecule has 0 heterocycles. The Bertz CT molecular complexity index is 444. The summed E-state index contributed by atoms with van der Waals surface area (Å²) >= 11 is 0. The van der Waals surface area contributed by atoms with E-state index in [9.17, 15) is 14.4 Å². The molecule has 0 unspecified atom stereocenters. The van der Waals surface area contributed by atoms with Crippen LogP contribution in [0.25, 0.3) is 0 Å². The van der Waals surface area contributed by atoms with Crippen molar-refractivity contribution < 1.29 is 23.9 Å². The number of rotatable bonds is 6. The highest BCUT2D eigenvalue weighted by atomic mass is 16.5. The predicted octanol–water partition coefficient (Wildman–Crippen LogP) is 1.04. The second-order valence-electron chi connectivity index (χ2n) is 3.56. The van der Waals surface area contributed by atoms with E-state index in [1.807, 2.05) is 18.2 Å². The Hall–Kier alpha value is -2.37. The van der Waals surface area contributed by atoms with Gasteiger partial charge in [-0.2, -0.15) is 0 Å². The van der Waals surface area contributed by atoms with Gasteiger partial charge in [0.05, 0.1) is 13.2 Å². The third-order valence-corrected chi connectivity index (χ3v) is 2.11. The lowest BCUT2D eigenvalue weighted by atomic mass is 10.2. The Balaban J connectivity index is 2.25. The summed E-state index contributed by atoms with van der Waals surface area (Å²) in [5.74, 6) is -1.79. The van der Waals surface area contributed by atoms with Gasteiger partial charge in [0.1, 0.15) is 6.61 Å². The van der Waals surface area contributed by atoms with E-state index in [1.54, 1.807) is 19.1 Å². The van der Waals surface area contributed by atoms with Crippen LogP contribution < -0.4 is 5.32 Å². The van der Waals surface area contributed by atoms with E-state index in [1.165, 1.54) is 0 Å². The molecule has 0 aliphatic carbocycles. The number of ketones is 1. The van der Waals surface area contributed by atoms with Crippen molar-refractivity contribution in [2.24, 2.45) is 0 Å². The number of amides is 1. The number of ether oxygens (including phenoxy) is 2. The van der Waals surface area contributed by atoms with E-state index in [0.717, 1.165) is 5.56 Å². The summed E-state index contributed by atoms with van der Waals surface area (Å²) < 4.78 is 9.35. The Morgan fingerprint density at radius 2 is 1.79 bits per heavy atom. The highest BCUT2D eigenvalue weighted by Crippen LogP contribution is 2.00. The van der Waals surface area contributed by atoms with Gasteiger partial charge in [-0.1, -0.05) is 30.3 Å². The summed E-state index contributed by atoms with van der Waals surface area (Å²) in [5.41, 5.74) is 0.828. The molecule has 6 heteroatoms. The fourth-order valence-corrected chi connectivity index (χ4v) is 1.21. The van der Waals surface area contributed by atoms with E-state index in [4.69, 9.17) is 4.74 Å². The standard InChI is InChI=1S/C13H15NO5/c1-2-18-12(16)11(15)8-14-13(17)19-9-10-6-4-3-5-7-10/h3-7H,2,8-9H2,1H3,(H,14,17). The van der Waals surface area contributed by atoms with Crippen LogP contribution in [-0.2, 0) is 25.7 Å². The first-order valence-electron chi connectivity index (χ1n) is 5.78. The van der Waals surface area contributed by atoms with Gasteiger partial charge < -0.3 is 14.8 Å². The molecule has 1 aromatic rings. The van der Waals surface area contributed by atoms with Crippen molar-refractivity contribution in [3.05, 3.63) is 35.9 Å². The molecule has 1 amide bonds. The van der Waals surface area contributed by atoms with Crippen LogP contribution in [0.4, 0.5) is 4.79 Å². The molecule has 102 valence electrons. The molecule has 6 nitrogen and oxygen atoms in total. The monoisotopic (exact) mass is 265 g/mol. The van der Waals surface area contributed by atoms with Gasteiger partial charge in [0.25, 0.3) is 5.78 Å². The van der Waals surface area contributed by atoms with Gasteiger partial charge in [-0.15, -0.1) is 0 Å². The maximum atomic E-state index is 11.3. The Kier molecular flexibility index (Phi) is 6.08. The lowest BCUT2D eigenvalue weighted by molar-refractivity contribution is -0.153. The molecule has 0 aliphatic rings. The van der Waals surface area contributed by atoms with Crippen LogP contribution in [0.15, 0.2) is 30.3 Å². The molecular weight excluding hydrogens is 250 g/mol. The third kappa shape index (κ3) is 5.67. The van der Waals surface area contributed by atoms with Gasteiger partial charge in [-0.25, -0.2) is 9.59 Å². The molecule has 0 saturated heterocycles. The minimum atomic E-state index is -0.967. The summed E-state index contributed by atoms with van der Waals surface area (Å²) in [4.78, 5) is 33.4. The first-order chi connectivity index (χ1) is 9.13. The van der Waals surface area contributed by atoms with E-state index in [0.29, 0.717) is 0 Å². The van der Waals surface area contributed by atoms with E-state index in [2.05, 4.69) is 10.1 Å². The largest absolute Gasteiger partial charge is 0.460 e. The number of hydrogen-bond acceptors (Lipinski definition) is 5. The second kappa shape index (κ2) is 7.86. The molecule has 19 heavy (non-hydrogen) atoms. The van der Waals surface area contributed by atoms with Crippen LogP contribution in [-0.4, -0.2) is 31.0 Å². The molecule has 0 bridgehead atoms. The smallest absolute Gasteiger partial charge is 0.407 e. The molecule has 0 atom stereocenters. The van der Waals surface area contributed by atoms with Crippen molar-refractivity contribution in [1.82, 2.24) is 5.32 Å². The minimum Gasteiger partial charge on any atom is -0.460 e. The highest BCUT2D eigenvalue weighted by molar-refractivity contribution is 6.34. The molecule has 0 aliphatic heterocycles. The number of esters is 1.